The van der Waals surface area contributed by atoms with Crippen LogP contribution in [0.1, 0.15) is 33.2 Å². The average molecular weight is 469 g/mol. The number of rotatable bonds is 7. The maximum atomic E-state index is 12.9. The molecule has 0 saturated heterocycles. The second-order valence-electron chi connectivity index (χ2n) is 7.67. The Labute approximate surface area is 202 Å². The molecule has 0 spiro atoms. The van der Waals surface area contributed by atoms with Gasteiger partial charge in [0.15, 0.2) is 0 Å². The Morgan fingerprint density at radius 2 is 1.54 bits per heavy atom. The van der Waals surface area contributed by atoms with Crippen molar-refractivity contribution in [3.8, 4) is 5.75 Å². The summed E-state index contributed by atoms with van der Waals surface area (Å²) in [5.41, 5.74) is 2.48. The molecule has 0 aromatic heterocycles. The van der Waals surface area contributed by atoms with E-state index in [-0.39, 0.29) is 30.7 Å². The number of amides is 2. The van der Waals surface area contributed by atoms with Gasteiger partial charge in [0.25, 0.3) is 11.8 Å². The minimum absolute atomic E-state index is 0.201. The molecule has 7 heteroatoms. The van der Waals surface area contributed by atoms with E-state index < -0.39 is 6.16 Å². The maximum absolute atomic E-state index is 12.9. The second kappa shape index (κ2) is 11.0. The molecular weight excluding hydrogens is 444 g/mol. The van der Waals surface area contributed by atoms with E-state index in [9.17, 15) is 14.4 Å². The number of nitrogens with one attached hydrogen (secondary N) is 2. The monoisotopic (exact) mass is 468 g/mol. The van der Waals surface area contributed by atoms with E-state index in [4.69, 9.17) is 9.47 Å². The van der Waals surface area contributed by atoms with Gasteiger partial charge in [-0.05, 0) is 65.7 Å². The van der Waals surface area contributed by atoms with Crippen LogP contribution in [0.25, 0.3) is 10.8 Å². The summed E-state index contributed by atoms with van der Waals surface area (Å²) >= 11 is 0. The number of carbonyl (C=O) groups is 3. The number of ether oxygens (including phenoxy) is 2. The van der Waals surface area contributed by atoms with Crippen LogP contribution in [0.15, 0.2) is 91.0 Å². The zero-order valence-electron chi connectivity index (χ0n) is 19.1. The highest BCUT2D eigenvalue weighted by Gasteiger charge is 2.11. The third kappa shape index (κ3) is 6.03. The Kier molecular flexibility index (Phi) is 7.37. The Hall–Kier alpha value is -4.65. The van der Waals surface area contributed by atoms with Crippen molar-refractivity contribution in [2.24, 2.45) is 0 Å². The molecule has 0 bridgehead atoms. The predicted octanol–water partition coefficient (Wildman–Crippen LogP) is 5.56. The van der Waals surface area contributed by atoms with Crippen molar-refractivity contribution < 1.29 is 23.9 Å². The summed E-state index contributed by atoms with van der Waals surface area (Å²) < 4.78 is 9.71. The number of benzene rings is 4. The standard InChI is InChI=1S/C28H24N2O5/c1-2-34-28(33)35-23-15-13-21(14-16-23)26(31)29-18-19-7-5-10-22(17-19)30-27(32)25-12-6-9-20-8-3-4-11-24(20)25/h3-17H,2,18H2,1H3,(H,29,31)(H,30,32). The Bertz CT molecular complexity index is 1360. The highest BCUT2D eigenvalue weighted by atomic mass is 16.7. The first-order valence-electron chi connectivity index (χ1n) is 11.1. The SMILES string of the molecule is CCOC(=O)Oc1ccc(C(=O)NCc2cccc(NC(=O)c3cccc4ccccc34)c2)cc1. The summed E-state index contributed by atoms with van der Waals surface area (Å²) in [6.07, 6.45) is -0.794. The van der Waals surface area contributed by atoms with Crippen LogP contribution in [0.5, 0.6) is 5.75 Å². The first kappa shape index (κ1) is 23.5. The van der Waals surface area contributed by atoms with Gasteiger partial charge in [-0.15, -0.1) is 0 Å². The summed E-state index contributed by atoms with van der Waals surface area (Å²) in [4.78, 5) is 36.8. The highest BCUT2D eigenvalue weighted by Crippen LogP contribution is 2.20. The fraction of sp³-hybridized carbons (Fsp3) is 0.107. The van der Waals surface area contributed by atoms with Crippen molar-refractivity contribution in [2.75, 3.05) is 11.9 Å². The van der Waals surface area contributed by atoms with E-state index in [0.29, 0.717) is 16.8 Å². The van der Waals surface area contributed by atoms with Gasteiger partial charge in [-0.25, -0.2) is 4.79 Å². The quantitative estimate of drug-likeness (QED) is 0.274. The van der Waals surface area contributed by atoms with Crippen LogP contribution >= 0.6 is 0 Å². The van der Waals surface area contributed by atoms with Gasteiger partial charge in [0, 0.05) is 23.4 Å². The summed E-state index contributed by atoms with van der Waals surface area (Å²) in [6.45, 7) is 2.18. The molecule has 0 atom stereocenters. The zero-order chi connectivity index (χ0) is 24.6. The molecule has 7 nitrogen and oxygen atoms in total. The number of hydrogen-bond acceptors (Lipinski definition) is 5. The molecule has 0 radical (unpaired) electrons. The molecule has 4 aromatic carbocycles. The van der Waals surface area contributed by atoms with Crippen molar-refractivity contribution in [1.82, 2.24) is 5.32 Å². The van der Waals surface area contributed by atoms with E-state index in [0.717, 1.165) is 16.3 Å². The van der Waals surface area contributed by atoms with Crippen molar-refractivity contribution in [3.63, 3.8) is 0 Å². The van der Waals surface area contributed by atoms with Crippen LogP contribution in [-0.2, 0) is 11.3 Å². The van der Waals surface area contributed by atoms with Crippen LogP contribution in [0.3, 0.4) is 0 Å². The normalized spacial score (nSPS) is 10.4. The summed E-state index contributed by atoms with van der Waals surface area (Å²) in [5, 5.41) is 7.67. The first-order chi connectivity index (χ1) is 17.0. The average Bonchev–Trinajstić information content (AvgIpc) is 2.87. The molecule has 0 aliphatic carbocycles. The molecule has 35 heavy (non-hydrogen) atoms. The van der Waals surface area contributed by atoms with Gasteiger partial charge in [-0.3, -0.25) is 9.59 Å². The van der Waals surface area contributed by atoms with Crippen LogP contribution in [0, 0.1) is 0 Å². The minimum Gasteiger partial charge on any atom is -0.434 e. The van der Waals surface area contributed by atoms with Crippen molar-refractivity contribution >= 4 is 34.4 Å². The summed E-state index contributed by atoms with van der Waals surface area (Å²) in [5.74, 6) is -0.194. The van der Waals surface area contributed by atoms with Gasteiger partial charge in [-0.1, -0.05) is 48.5 Å². The third-order valence-corrected chi connectivity index (χ3v) is 5.25. The van der Waals surface area contributed by atoms with E-state index in [1.165, 1.54) is 12.1 Å². The lowest BCUT2D eigenvalue weighted by molar-refractivity contribution is 0.0950. The summed E-state index contributed by atoms with van der Waals surface area (Å²) in [7, 11) is 0. The topological polar surface area (TPSA) is 93.7 Å². The minimum atomic E-state index is -0.794. The smallest absolute Gasteiger partial charge is 0.434 e. The number of hydrogen-bond donors (Lipinski definition) is 2. The van der Waals surface area contributed by atoms with Gasteiger partial charge in [-0.2, -0.15) is 0 Å². The first-order valence-corrected chi connectivity index (χ1v) is 11.1. The Morgan fingerprint density at radius 3 is 2.34 bits per heavy atom. The van der Waals surface area contributed by atoms with Gasteiger partial charge in [0.2, 0.25) is 0 Å². The maximum Gasteiger partial charge on any atom is 0.513 e. The fourth-order valence-electron chi connectivity index (χ4n) is 3.58. The zero-order valence-corrected chi connectivity index (χ0v) is 19.1. The lowest BCUT2D eigenvalue weighted by Crippen LogP contribution is -2.22. The van der Waals surface area contributed by atoms with Crippen molar-refractivity contribution in [3.05, 3.63) is 108 Å². The van der Waals surface area contributed by atoms with Crippen molar-refractivity contribution in [1.29, 1.82) is 0 Å². The van der Waals surface area contributed by atoms with Crippen LogP contribution in [0.4, 0.5) is 10.5 Å². The number of anilines is 1. The molecule has 0 saturated carbocycles. The Morgan fingerprint density at radius 1 is 0.800 bits per heavy atom. The molecule has 176 valence electrons. The molecule has 0 unspecified atom stereocenters. The van der Waals surface area contributed by atoms with E-state index in [1.807, 2.05) is 54.6 Å². The molecule has 2 amide bonds. The van der Waals surface area contributed by atoms with E-state index in [1.54, 1.807) is 31.2 Å². The van der Waals surface area contributed by atoms with Crippen LogP contribution in [0.2, 0.25) is 0 Å². The summed E-state index contributed by atoms with van der Waals surface area (Å²) in [6, 6.07) is 26.8. The lowest BCUT2D eigenvalue weighted by Gasteiger charge is -2.10. The predicted molar refractivity (Wildman–Crippen MR) is 134 cm³/mol. The molecule has 0 aliphatic rings. The molecule has 0 aliphatic heterocycles. The fourth-order valence-corrected chi connectivity index (χ4v) is 3.58. The Balaban J connectivity index is 1.36. The molecule has 2 N–H and O–H groups in total. The van der Waals surface area contributed by atoms with E-state index >= 15 is 0 Å². The lowest BCUT2D eigenvalue weighted by atomic mass is 10.0. The van der Waals surface area contributed by atoms with Gasteiger partial charge >= 0.3 is 6.16 Å². The molecule has 4 aromatic rings. The van der Waals surface area contributed by atoms with Gasteiger partial charge in [0.1, 0.15) is 5.75 Å². The largest absolute Gasteiger partial charge is 0.513 e. The van der Waals surface area contributed by atoms with Gasteiger partial charge in [0.05, 0.1) is 6.61 Å². The van der Waals surface area contributed by atoms with E-state index in [2.05, 4.69) is 10.6 Å². The van der Waals surface area contributed by atoms with Crippen LogP contribution in [-0.4, -0.2) is 24.6 Å². The second-order valence-corrected chi connectivity index (χ2v) is 7.67. The highest BCUT2D eigenvalue weighted by molar-refractivity contribution is 6.12. The molecule has 0 heterocycles. The number of fused-ring (bicyclic) bond motifs is 1. The van der Waals surface area contributed by atoms with Gasteiger partial charge < -0.3 is 20.1 Å². The molecular formula is C28H24N2O5. The number of carbonyl (C=O) groups excluding carboxylic acids is 3. The van der Waals surface area contributed by atoms with Crippen molar-refractivity contribution in [2.45, 2.75) is 13.5 Å². The molecule has 0 fully saturated rings. The van der Waals surface area contributed by atoms with Crippen LogP contribution < -0.4 is 15.4 Å². The third-order valence-electron chi connectivity index (χ3n) is 5.25. The molecule has 4 rings (SSSR count).